The van der Waals surface area contributed by atoms with Gasteiger partial charge in [0.1, 0.15) is 0 Å². The summed E-state index contributed by atoms with van der Waals surface area (Å²) < 4.78 is 6.13. The van der Waals surface area contributed by atoms with Gasteiger partial charge < -0.3 is 15.4 Å². The van der Waals surface area contributed by atoms with Crippen molar-refractivity contribution < 1.29 is 9.53 Å². The van der Waals surface area contributed by atoms with Gasteiger partial charge in [0.2, 0.25) is 0 Å². The number of hydrogen-bond acceptors (Lipinski definition) is 3. The zero-order valence-corrected chi connectivity index (χ0v) is 17.5. The Bertz CT molecular complexity index is 879. The van der Waals surface area contributed by atoms with Crippen molar-refractivity contribution in [2.24, 2.45) is 5.92 Å². The lowest BCUT2D eigenvalue weighted by molar-refractivity contribution is 0.0948. The third kappa shape index (κ3) is 3.87. The summed E-state index contributed by atoms with van der Waals surface area (Å²) in [5.41, 5.74) is 4.36. The van der Waals surface area contributed by atoms with E-state index in [0.717, 1.165) is 28.6 Å². The van der Waals surface area contributed by atoms with Gasteiger partial charge in [-0.2, -0.15) is 0 Å². The van der Waals surface area contributed by atoms with Gasteiger partial charge in [-0.05, 0) is 60.2 Å². The lowest BCUT2D eigenvalue weighted by atomic mass is 9.76. The van der Waals surface area contributed by atoms with Crippen LogP contribution < -0.4 is 10.6 Å². The first-order valence-electron chi connectivity index (χ1n) is 9.77. The predicted molar refractivity (Wildman–Crippen MR) is 116 cm³/mol. The molecule has 0 aromatic heterocycles. The summed E-state index contributed by atoms with van der Waals surface area (Å²) in [4.78, 5) is 12.5. The Hall–Kier alpha value is -2.11. The molecule has 0 saturated carbocycles. The molecule has 1 aliphatic heterocycles. The maximum absolute atomic E-state index is 12.5. The standard InChI is InChI=1S/C23H25BrN2O2/c1-28-13-3-12-25-23(27)16-8-11-21-20(14-16)18-4-2-5-19(18)22(26-21)15-6-9-17(24)10-7-15/h2,4,6-11,14,18-19,22,26H,3,5,12-13H2,1H3,(H,25,27)/t18-,19-,22-/m1/s1. The zero-order chi connectivity index (χ0) is 19.5. The smallest absolute Gasteiger partial charge is 0.251 e. The van der Waals surface area contributed by atoms with Crippen LogP contribution in [0, 0.1) is 5.92 Å². The van der Waals surface area contributed by atoms with E-state index in [-0.39, 0.29) is 11.9 Å². The van der Waals surface area contributed by atoms with Crippen LogP contribution in [0.25, 0.3) is 0 Å². The number of halogens is 1. The quantitative estimate of drug-likeness (QED) is 0.488. The number of anilines is 1. The van der Waals surface area contributed by atoms with Crippen LogP contribution in [0.3, 0.4) is 0 Å². The third-order valence-corrected chi connectivity index (χ3v) is 6.19. The number of allylic oxidation sites excluding steroid dienone is 2. The fourth-order valence-corrected chi connectivity index (χ4v) is 4.52. The first-order chi connectivity index (χ1) is 13.7. The molecule has 2 aromatic carbocycles. The maximum Gasteiger partial charge on any atom is 0.251 e. The van der Waals surface area contributed by atoms with E-state index in [2.05, 4.69) is 69.0 Å². The molecule has 0 unspecified atom stereocenters. The molecule has 2 aromatic rings. The SMILES string of the molecule is COCCCNC(=O)c1ccc2c(c1)[C@@H]1C=CC[C@H]1[C@@H](c1ccc(Br)cc1)N2. The Balaban J connectivity index is 1.56. The highest BCUT2D eigenvalue weighted by Crippen LogP contribution is 2.49. The molecule has 146 valence electrons. The predicted octanol–water partition coefficient (Wildman–Crippen LogP) is 5.04. The summed E-state index contributed by atoms with van der Waals surface area (Å²) in [5.74, 6) is 0.785. The van der Waals surface area contributed by atoms with Gasteiger partial charge in [0, 0.05) is 41.9 Å². The summed E-state index contributed by atoms with van der Waals surface area (Å²) >= 11 is 3.52. The van der Waals surface area contributed by atoms with Crippen LogP contribution in [-0.4, -0.2) is 26.2 Å². The molecule has 4 rings (SSSR count). The van der Waals surface area contributed by atoms with Gasteiger partial charge in [-0.3, -0.25) is 4.79 Å². The molecule has 1 amide bonds. The van der Waals surface area contributed by atoms with E-state index in [1.54, 1.807) is 7.11 Å². The number of hydrogen-bond donors (Lipinski definition) is 2. The summed E-state index contributed by atoms with van der Waals surface area (Å²) in [5, 5.41) is 6.71. The molecule has 2 N–H and O–H groups in total. The number of amides is 1. The number of methoxy groups -OCH3 is 1. The van der Waals surface area contributed by atoms with E-state index >= 15 is 0 Å². The van der Waals surface area contributed by atoms with Crippen LogP contribution in [0.1, 0.15) is 46.3 Å². The second-order valence-electron chi connectivity index (χ2n) is 7.43. The second-order valence-corrected chi connectivity index (χ2v) is 8.35. The largest absolute Gasteiger partial charge is 0.385 e. The van der Waals surface area contributed by atoms with Crippen molar-refractivity contribution in [1.29, 1.82) is 0 Å². The molecule has 1 aliphatic carbocycles. The molecular formula is C23H25BrN2O2. The van der Waals surface area contributed by atoms with Gasteiger partial charge in [-0.15, -0.1) is 0 Å². The van der Waals surface area contributed by atoms with E-state index in [4.69, 9.17) is 4.74 Å². The Kier molecular flexibility index (Phi) is 5.83. The molecule has 4 nitrogen and oxygen atoms in total. The summed E-state index contributed by atoms with van der Waals surface area (Å²) in [7, 11) is 1.67. The molecule has 3 atom stereocenters. The fourth-order valence-electron chi connectivity index (χ4n) is 4.26. The number of carbonyl (C=O) groups is 1. The van der Waals surface area contributed by atoms with Gasteiger partial charge in [0.05, 0.1) is 6.04 Å². The molecule has 0 bridgehead atoms. The van der Waals surface area contributed by atoms with Crippen molar-refractivity contribution >= 4 is 27.5 Å². The Labute approximate surface area is 174 Å². The Morgan fingerprint density at radius 3 is 2.86 bits per heavy atom. The molecule has 0 spiro atoms. The number of carbonyl (C=O) groups excluding carboxylic acids is 1. The lowest BCUT2D eigenvalue weighted by Crippen LogP contribution is -2.30. The highest BCUT2D eigenvalue weighted by atomic mass is 79.9. The van der Waals surface area contributed by atoms with Crippen molar-refractivity contribution in [2.75, 3.05) is 25.6 Å². The zero-order valence-electron chi connectivity index (χ0n) is 16.0. The summed E-state index contributed by atoms with van der Waals surface area (Å²) in [6, 6.07) is 14.9. The van der Waals surface area contributed by atoms with Crippen LogP contribution in [-0.2, 0) is 4.74 Å². The second kappa shape index (κ2) is 8.50. The molecule has 5 heteroatoms. The molecule has 1 heterocycles. The monoisotopic (exact) mass is 440 g/mol. The first kappa shape index (κ1) is 19.2. The van der Waals surface area contributed by atoms with E-state index in [1.807, 2.05) is 12.1 Å². The van der Waals surface area contributed by atoms with Crippen LogP contribution in [0.4, 0.5) is 5.69 Å². The van der Waals surface area contributed by atoms with Gasteiger partial charge in [-0.1, -0.05) is 40.2 Å². The van der Waals surface area contributed by atoms with Gasteiger partial charge in [0.25, 0.3) is 5.91 Å². The molecule has 2 aliphatic rings. The normalized spacial score (nSPS) is 22.3. The lowest BCUT2D eigenvalue weighted by Gasteiger charge is -2.37. The van der Waals surface area contributed by atoms with Crippen molar-refractivity contribution in [2.45, 2.75) is 24.8 Å². The highest BCUT2D eigenvalue weighted by molar-refractivity contribution is 9.10. The number of benzene rings is 2. The third-order valence-electron chi connectivity index (χ3n) is 5.66. The molecule has 0 saturated heterocycles. The van der Waals surface area contributed by atoms with Crippen LogP contribution in [0.15, 0.2) is 59.1 Å². The highest BCUT2D eigenvalue weighted by Gasteiger charge is 2.38. The Morgan fingerprint density at radius 2 is 2.07 bits per heavy atom. The number of nitrogens with one attached hydrogen (secondary N) is 2. The molecule has 0 radical (unpaired) electrons. The maximum atomic E-state index is 12.5. The first-order valence-corrected chi connectivity index (χ1v) is 10.6. The van der Waals surface area contributed by atoms with Gasteiger partial charge >= 0.3 is 0 Å². The van der Waals surface area contributed by atoms with Crippen molar-refractivity contribution in [3.05, 3.63) is 75.8 Å². The number of fused-ring (bicyclic) bond motifs is 3. The average molecular weight is 441 g/mol. The minimum atomic E-state index is -0.0209. The fraction of sp³-hybridized carbons (Fsp3) is 0.348. The topological polar surface area (TPSA) is 50.4 Å². The van der Waals surface area contributed by atoms with E-state index < -0.39 is 0 Å². The molecule has 0 fully saturated rings. The van der Waals surface area contributed by atoms with E-state index in [0.29, 0.717) is 25.0 Å². The van der Waals surface area contributed by atoms with Crippen molar-refractivity contribution in [1.82, 2.24) is 5.32 Å². The van der Waals surface area contributed by atoms with Crippen LogP contribution >= 0.6 is 15.9 Å². The minimum Gasteiger partial charge on any atom is -0.385 e. The van der Waals surface area contributed by atoms with Crippen molar-refractivity contribution in [3.63, 3.8) is 0 Å². The number of ether oxygens (including phenoxy) is 1. The van der Waals surface area contributed by atoms with Crippen LogP contribution in [0.2, 0.25) is 0 Å². The Morgan fingerprint density at radius 1 is 1.25 bits per heavy atom. The van der Waals surface area contributed by atoms with Crippen molar-refractivity contribution in [3.8, 4) is 0 Å². The minimum absolute atomic E-state index is 0.0209. The summed E-state index contributed by atoms with van der Waals surface area (Å²) in [6.45, 7) is 1.28. The van der Waals surface area contributed by atoms with Gasteiger partial charge in [0.15, 0.2) is 0 Å². The molecular weight excluding hydrogens is 416 g/mol. The van der Waals surface area contributed by atoms with E-state index in [9.17, 15) is 4.79 Å². The van der Waals surface area contributed by atoms with Crippen LogP contribution in [0.5, 0.6) is 0 Å². The number of rotatable bonds is 6. The summed E-state index contributed by atoms with van der Waals surface area (Å²) in [6.07, 6.45) is 6.44. The van der Waals surface area contributed by atoms with E-state index in [1.165, 1.54) is 11.1 Å². The van der Waals surface area contributed by atoms with Gasteiger partial charge in [-0.25, -0.2) is 0 Å². The average Bonchev–Trinajstić information content (AvgIpc) is 3.21. The molecule has 28 heavy (non-hydrogen) atoms.